The number of fused-ring (bicyclic) bond motifs is 2. The van der Waals surface area contributed by atoms with Crippen molar-refractivity contribution >= 4 is 87.3 Å². The van der Waals surface area contributed by atoms with E-state index in [-0.39, 0.29) is 53.7 Å². The molecule has 38 heteroatoms. The molecule has 16 atom stereocenters. The van der Waals surface area contributed by atoms with Gasteiger partial charge in [0.2, 0.25) is 5.95 Å². The zero-order valence-electron chi connectivity index (χ0n) is 39.0. The first-order valence-corrected chi connectivity index (χ1v) is 30.3. The Kier molecular flexibility index (Phi) is 18.0. The maximum atomic E-state index is 13.5. The molecule has 0 spiro atoms. The summed E-state index contributed by atoms with van der Waals surface area (Å²) in [6.45, 7) is -7.82. The van der Waals surface area contributed by atoms with Crippen molar-refractivity contribution in [3.63, 3.8) is 0 Å². The number of aromatic nitrogens is 8. The predicted molar refractivity (Wildman–Crippen MR) is 254 cm³/mol. The molecule has 73 heavy (non-hydrogen) atoms. The van der Waals surface area contributed by atoms with Crippen molar-refractivity contribution in [2.45, 2.75) is 106 Å². The minimum Gasteiger partial charge on any atom is -0.390 e. The molecule has 32 nitrogen and oxygen atoms in total. The Morgan fingerprint density at radius 3 is 1.96 bits per heavy atom. The van der Waals surface area contributed by atoms with E-state index in [0.717, 1.165) is 0 Å². The molecule has 8 rings (SSSR count). The fraction of sp³-hybridized carbons (Fsp3) is 0.714. The summed E-state index contributed by atoms with van der Waals surface area (Å²) < 4.78 is 122. The molecule has 4 aliphatic rings. The molecule has 9 N–H and O–H groups in total. The number of nitrogens with two attached hydrogens (primary N) is 2. The van der Waals surface area contributed by atoms with Crippen molar-refractivity contribution in [2.75, 3.05) is 65.3 Å². The lowest BCUT2D eigenvalue weighted by Crippen LogP contribution is -2.38. The number of imidazole rings is 2. The molecule has 0 aliphatic carbocycles. The minimum absolute atomic E-state index is 0.0162. The molecule has 0 amide bonds. The molecular weight excluding hydrogens is 1100 g/mol. The quantitative estimate of drug-likeness (QED) is 0.0358. The zero-order chi connectivity index (χ0) is 52.6. The third-order valence-corrected chi connectivity index (χ3v) is 16.8. The van der Waals surface area contributed by atoms with Crippen LogP contribution in [0.4, 0.5) is 11.8 Å². The first-order valence-electron chi connectivity index (χ1n) is 22.0. The van der Waals surface area contributed by atoms with Crippen molar-refractivity contribution in [3.8, 4) is 0 Å². The Morgan fingerprint density at radius 2 is 1.33 bits per heavy atom. The van der Waals surface area contributed by atoms with Crippen LogP contribution in [0.2, 0.25) is 0 Å². The van der Waals surface area contributed by atoms with E-state index in [0.29, 0.717) is 6.42 Å². The summed E-state index contributed by atoms with van der Waals surface area (Å²) in [7, 11) is -7.25. The number of rotatable bonds is 24. The van der Waals surface area contributed by atoms with Crippen LogP contribution in [0, 0.1) is 0 Å². The van der Waals surface area contributed by atoms with Gasteiger partial charge in [-0.15, -0.1) is 0 Å². The number of thiol groups is 1. The fourth-order valence-electron chi connectivity index (χ4n) is 8.31. The lowest BCUT2D eigenvalue weighted by molar-refractivity contribution is -0.0602. The molecule has 4 saturated heterocycles. The van der Waals surface area contributed by atoms with Crippen LogP contribution in [0.3, 0.4) is 0 Å². The Morgan fingerprint density at radius 1 is 0.767 bits per heavy atom. The van der Waals surface area contributed by atoms with Gasteiger partial charge in [-0.1, -0.05) is 12.2 Å². The number of nitrogens with zero attached hydrogens (tertiary/aromatic N) is 7. The average Bonchev–Trinajstić information content (AvgIpc) is 4.18. The van der Waals surface area contributed by atoms with Gasteiger partial charge in [0.15, 0.2) is 35.1 Å². The van der Waals surface area contributed by atoms with E-state index >= 15 is 0 Å². The van der Waals surface area contributed by atoms with Crippen LogP contribution in [0.1, 0.15) is 39.1 Å². The zero-order valence-corrected chi connectivity index (χ0v) is 44.2. The molecule has 4 fully saturated rings. The number of aliphatic hydroxyl groups is 1. The molecule has 0 bridgehead atoms. The number of anilines is 2. The number of phosphoric ester groups is 2. The Labute approximate surface area is 424 Å². The summed E-state index contributed by atoms with van der Waals surface area (Å²) in [6, 6.07) is 0. The van der Waals surface area contributed by atoms with Crippen LogP contribution in [0.25, 0.3) is 22.3 Å². The summed E-state index contributed by atoms with van der Waals surface area (Å²) in [5.74, 6) is -0.204. The average molecular weight is 1150 g/mol. The van der Waals surface area contributed by atoms with E-state index in [1.165, 1.54) is 42.3 Å². The Balaban J connectivity index is 0.991. The Bertz CT molecular complexity index is 2840. The van der Waals surface area contributed by atoms with Gasteiger partial charge in [0.1, 0.15) is 66.8 Å². The third-order valence-electron chi connectivity index (χ3n) is 11.6. The molecular formula is C35H54N10O22P4S2. The monoisotopic (exact) mass is 1150 g/mol. The van der Waals surface area contributed by atoms with Crippen molar-refractivity contribution in [1.29, 1.82) is 0 Å². The van der Waals surface area contributed by atoms with Crippen molar-refractivity contribution in [2.24, 2.45) is 0 Å². The molecule has 0 radical (unpaired) electrons. The van der Waals surface area contributed by atoms with Crippen molar-refractivity contribution in [1.82, 2.24) is 39.0 Å². The van der Waals surface area contributed by atoms with E-state index in [1.807, 2.05) is 0 Å². The van der Waals surface area contributed by atoms with E-state index in [1.54, 1.807) is 13.8 Å². The molecule has 4 aromatic rings. The van der Waals surface area contributed by atoms with Gasteiger partial charge >= 0.3 is 29.2 Å². The molecule has 0 aromatic carbocycles. The number of phosphoric acid groups is 2. The highest BCUT2D eigenvalue weighted by Crippen LogP contribution is 2.58. The van der Waals surface area contributed by atoms with E-state index in [2.05, 4.69) is 42.2 Å². The summed E-state index contributed by atoms with van der Waals surface area (Å²) in [4.78, 5) is 69.0. The van der Waals surface area contributed by atoms with Gasteiger partial charge in [-0.3, -0.25) is 50.6 Å². The summed E-state index contributed by atoms with van der Waals surface area (Å²) in [5, 5.41) is 9.95. The summed E-state index contributed by atoms with van der Waals surface area (Å²) in [5.41, 5.74) is 11.4. The van der Waals surface area contributed by atoms with Crippen LogP contribution in [0.15, 0.2) is 23.8 Å². The summed E-state index contributed by atoms with van der Waals surface area (Å²) in [6.07, 6.45) is -11.0. The fourth-order valence-corrected chi connectivity index (χ4v) is 13.5. The molecule has 408 valence electrons. The lowest BCUT2D eigenvalue weighted by Gasteiger charge is -2.29. The minimum atomic E-state index is -5.09. The number of hydrogen-bond acceptors (Lipinski definition) is 27. The van der Waals surface area contributed by atoms with Gasteiger partial charge in [0.25, 0.3) is 5.56 Å². The van der Waals surface area contributed by atoms with Crippen molar-refractivity contribution in [3.05, 3.63) is 29.3 Å². The highest BCUT2D eigenvalue weighted by Gasteiger charge is 2.53. The number of nitrogens with one attached hydrogen (secondary N) is 1. The van der Waals surface area contributed by atoms with Gasteiger partial charge in [-0.05, 0) is 32.1 Å². The number of nitrogen functional groups attached to an aromatic ring is 2. The number of aliphatic hydroxyl groups excluding tert-OH is 1. The molecule has 0 saturated carbocycles. The smallest absolute Gasteiger partial charge is 0.390 e. The van der Waals surface area contributed by atoms with E-state index < -0.39 is 141 Å². The van der Waals surface area contributed by atoms with Crippen LogP contribution in [0.5, 0.6) is 0 Å². The van der Waals surface area contributed by atoms with Crippen LogP contribution >= 0.6 is 41.4 Å². The highest BCUT2D eigenvalue weighted by atomic mass is 32.7. The van der Waals surface area contributed by atoms with Gasteiger partial charge < -0.3 is 64.2 Å². The number of aromatic amines is 1. The van der Waals surface area contributed by atoms with Gasteiger partial charge in [0, 0.05) is 33.9 Å². The van der Waals surface area contributed by atoms with Gasteiger partial charge in [-0.2, -0.15) is 4.98 Å². The Hall–Kier alpha value is -2.53. The maximum Gasteiger partial charge on any atom is 0.472 e. The second-order valence-electron chi connectivity index (χ2n) is 16.8. The highest BCUT2D eigenvalue weighted by molar-refractivity contribution is 8.44. The number of H-pyrrole nitrogens is 1. The van der Waals surface area contributed by atoms with E-state index in [4.69, 9.17) is 87.9 Å². The first-order chi connectivity index (χ1) is 34.5. The molecule has 4 aliphatic heterocycles. The maximum absolute atomic E-state index is 13.5. The molecule has 4 aromatic heterocycles. The van der Waals surface area contributed by atoms with E-state index in [9.17, 15) is 38.3 Å². The van der Waals surface area contributed by atoms with Gasteiger partial charge in [-0.25, -0.2) is 33.6 Å². The summed E-state index contributed by atoms with van der Waals surface area (Å²) >= 11 is 9.68. The lowest BCUT2D eigenvalue weighted by atomic mass is 10.1. The van der Waals surface area contributed by atoms with Crippen molar-refractivity contribution < 1.29 is 98.1 Å². The topological polar surface area (TPSA) is 421 Å². The number of methoxy groups -OCH3 is 2. The predicted octanol–water partition coefficient (Wildman–Crippen LogP) is 0.990. The molecule has 8 heterocycles. The SMILES string of the molecule is COC1C(OP(=O)(S)OC(C)C)C(COP(O)(=S)OC2C(COP(=O)(O)OCC3OCCC3OP(=O)(O)OCC3OCCC3O)O[C@@H](n3cnc4c(=O)[nH]c(N)nc43)C2OC)O[C@H]1n1cnc2c(N)ncnc21. The number of ether oxygens (including phenoxy) is 6. The van der Waals surface area contributed by atoms with Crippen LogP contribution in [-0.2, 0) is 90.1 Å². The second-order valence-corrected chi connectivity index (χ2v) is 25.3. The van der Waals surface area contributed by atoms with Gasteiger partial charge in [0.05, 0.1) is 51.3 Å². The van der Waals surface area contributed by atoms with Crippen LogP contribution in [-0.4, -0.2) is 180 Å². The third kappa shape index (κ3) is 13.4. The largest absolute Gasteiger partial charge is 0.472 e. The normalized spacial score (nSPS) is 32.1. The molecule has 14 unspecified atom stereocenters. The number of hydrogen-bond donors (Lipinski definition) is 8. The van der Waals surface area contributed by atoms with Crippen LogP contribution < -0.4 is 17.0 Å². The first kappa shape index (κ1) is 56.7. The second kappa shape index (κ2) is 23.2. The standard InChI is InChI=1S/C35H54N10O22P4S2/c1-16(2)64-71(53,73)67-26-22(63-33(28(26)55-4)44-14-40-23-29(36)38-13-39-30(23)44)12-61-70(52,72)66-25-21(62-34(27(25)54-3)45-15-41-24-31(45)42-35(37)43-32(24)47)11-59-68(48,49)58-10-20-18(6-8-57-20)65-69(50,51)60-9-19-17(46)5-7-56-19/h13-22,25-28,33-34,46H,5-12H2,1-4H3,(H,48,49)(H,50,51)(H,52,72)(H,53,73)(H2,36,38,39)(H3,37,42,43,47)/t17?,18?,19?,20?,21?,22?,25?,26?,27?,28?,33-,34-,70?,71?/m1/s1.